The third kappa shape index (κ3) is 6.70. The molecular formula is C51H41N. The Morgan fingerprint density at radius 3 is 1.12 bits per heavy atom. The number of nitrogens with zero attached hydrogens (tertiary/aromatic N) is 1. The van der Waals surface area contributed by atoms with E-state index in [9.17, 15) is 0 Å². The number of benzene rings is 7. The van der Waals surface area contributed by atoms with E-state index in [2.05, 4.69) is 209 Å². The molecule has 1 heterocycles. The maximum Gasteiger partial charge on any atom is 0.112 e. The van der Waals surface area contributed by atoms with Crippen LogP contribution in [-0.4, -0.2) is 0 Å². The summed E-state index contributed by atoms with van der Waals surface area (Å²) < 4.78 is 1.91. The summed E-state index contributed by atoms with van der Waals surface area (Å²) in [4.78, 5) is 0. The lowest BCUT2D eigenvalue weighted by molar-refractivity contribution is -0.600. The van der Waals surface area contributed by atoms with Crippen LogP contribution in [0.1, 0.15) is 25.0 Å². The molecule has 8 rings (SSSR count). The number of rotatable bonds is 8. The van der Waals surface area contributed by atoms with Crippen molar-refractivity contribution in [3.8, 4) is 66.9 Å². The molecule has 250 valence electrons. The summed E-state index contributed by atoms with van der Waals surface area (Å²) in [5.74, 6) is 0. The van der Waals surface area contributed by atoms with E-state index in [0.717, 1.165) is 11.3 Å². The van der Waals surface area contributed by atoms with Gasteiger partial charge in [0.25, 0.3) is 0 Å². The summed E-state index contributed by atoms with van der Waals surface area (Å²) in [6, 6.07) is 70.1. The van der Waals surface area contributed by atoms with E-state index in [1.807, 2.05) is 16.8 Å². The molecule has 0 bridgehead atoms. The number of hydrogen-bond acceptors (Lipinski definition) is 0. The third-order valence-corrected chi connectivity index (χ3v) is 10.3. The molecule has 52 heavy (non-hydrogen) atoms. The molecule has 0 aliphatic rings. The Morgan fingerprint density at radius 2 is 0.673 bits per heavy atom. The number of aromatic nitrogens is 1. The molecule has 0 aliphatic heterocycles. The molecule has 8 aromatic rings. The van der Waals surface area contributed by atoms with Crippen molar-refractivity contribution in [2.45, 2.75) is 19.3 Å². The highest BCUT2D eigenvalue weighted by Gasteiger charge is 2.22. The highest BCUT2D eigenvalue weighted by atomic mass is 14.9. The molecule has 1 heteroatoms. The predicted octanol–water partition coefficient (Wildman–Crippen LogP) is 12.9. The van der Waals surface area contributed by atoms with Gasteiger partial charge in [0, 0.05) is 12.5 Å². The molecule has 1 nitrogen and oxygen atoms in total. The van der Waals surface area contributed by atoms with Crippen molar-refractivity contribution in [1.82, 2.24) is 0 Å². The minimum absolute atomic E-state index is 0.0604. The average Bonchev–Trinajstić information content (AvgIpc) is 3.22. The number of hydrogen-bond donors (Lipinski definition) is 0. The molecule has 0 saturated heterocycles. The molecule has 0 unspecified atom stereocenters. The van der Waals surface area contributed by atoms with Gasteiger partial charge in [0.1, 0.15) is 5.69 Å². The van der Waals surface area contributed by atoms with Crippen molar-refractivity contribution >= 4 is 0 Å². The summed E-state index contributed by atoms with van der Waals surface area (Å²) in [6.45, 7) is 4.59. The van der Waals surface area contributed by atoms with Crippen LogP contribution >= 0.6 is 0 Å². The van der Waals surface area contributed by atoms with Gasteiger partial charge in [-0.05, 0) is 96.6 Å². The van der Waals surface area contributed by atoms with Crippen LogP contribution < -0.4 is 4.57 Å². The fourth-order valence-corrected chi connectivity index (χ4v) is 7.19. The fourth-order valence-electron chi connectivity index (χ4n) is 7.19. The molecule has 0 spiro atoms. The molecule has 0 aliphatic carbocycles. The first-order valence-corrected chi connectivity index (χ1v) is 17.9. The second-order valence-corrected chi connectivity index (χ2v) is 14.0. The van der Waals surface area contributed by atoms with Crippen molar-refractivity contribution in [1.29, 1.82) is 0 Å². The zero-order chi connectivity index (χ0) is 35.5. The summed E-state index contributed by atoms with van der Waals surface area (Å²) in [6.07, 6.45) is 1.98. The second kappa shape index (κ2) is 14.1. The monoisotopic (exact) mass is 667 g/mol. The van der Waals surface area contributed by atoms with E-state index >= 15 is 0 Å². The molecule has 7 aromatic carbocycles. The smallest absolute Gasteiger partial charge is 0.112 e. The van der Waals surface area contributed by atoms with Crippen LogP contribution in [0.3, 0.4) is 0 Å². The Kier molecular flexibility index (Phi) is 8.85. The molecule has 0 amide bonds. The Bertz CT molecular complexity index is 2470. The van der Waals surface area contributed by atoms with E-state index in [0.29, 0.717) is 0 Å². The molecule has 1 aromatic heterocycles. The van der Waals surface area contributed by atoms with E-state index < -0.39 is 0 Å². The Balaban J connectivity index is 1.02. The Labute approximate surface area is 308 Å². The van der Waals surface area contributed by atoms with Crippen LogP contribution in [0.2, 0.25) is 0 Å². The van der Waals surface area contributed by atoms with Gasteiger partial charge in [0.2, 0.25) is 0 Å². The van der Waals surface area contributed by atoms with Crippen LogP contribution in [0.15, 0.2) is 200 Å². The fraction of sp³-hybridized carbons (Fsp3) is 0.0588. The van der Waals surface area contributed by atoms with Crippen molar-refractivity contribution in [2.75, 3.05) is 0 Å². The minimum Gasteiger partial charge on any atom is -0.333 e. The largest absolute Gasteiger partial charge is 0.333 e. The molecule has 0 saturated carbocycles. The second-order valence-electron chi connectivity index (χ2n) is 14.0. The predicted molar refractivity (Wildman–Crippen MR) is 219 cm³/mol. The van der Waals surface area contributed by atoms with E-state index in [1.165, 1.54) is 66.8 Å². The highest BCUT2D eigenvalue weighted by Crippen LogP contribution is 2.35. The summed E-state index contributed by atoms with van der Waals surface area (Å²) in [5.41, 5.74) is 16.8. The van der Waals surface area contributed by atoms with Crippen LogP contribution in [0.4, 0.5) is 0 Å². The van der Waals surface area contributed by atoms with Crippen molar-refractivity contribution in [2.24, 2.45) is 0 Å². The molecular weight excluding hydrogens is 627 g/mol. The van der Waals surface area contributed by atoms with Crippen molar-refractivity contribution in [3.63, 3.8) is 0 Å². The lowest BCUT2D eigenvalue weighted by atomic mass is 9.78. The Morgan fingerprint density at radius 1 is 0.327 bits per heavy atom. The van der Waals surface area contributed by atoms with Gasteiger partial charge >= 0.3 is 0 Å². The van der Waals surface area contributed by atoms with E-state index in [4.69, 9.17) is 0 Å². The van der Waals surface area contributed by atoms with E-state index in [1.54, 1.807) is 0 Å². The van der Waals surface area contributed by atoms with Gasteiger partial charge in [0.15, 0.2) is 0 Å². The first-order chi connectivity index (χ1) is 25.4. The van der Waals surface area contributed by atoms with Gasteiger partial charge in [-0.2, -0.15) is 0 Å². The lowest BCUT2D eigenvalue weighted by Crippen LogP contribution is -2.27. The summed E-state index contributed by atoms with van der Waals surface area (Å²) in [7, 11) is 4.14. The maximum absolute atomic E-state index is 4.14. The quantitative estimate of drug-likeness (QED) is 0.112. The minimum atomic E-state index is -0.0604. The van der Waals surface area contributed by atoms with Crippen LogP contribution in [0.5, 0.6) is 0 Å². The van der Waals surface area contributed by atoms with Crippen LogP contribution in [-0.2, 0) is 5.41 Å². The Hall–Kier alpha value is -6.44. The zero-order valence-corrected chi connectivity index (χ0v) is 29.7. The third-order valence-electron chi connectivity index (χ3n) is 10.3. The van der Waals surface area contributed by atoms with Gasteiger partial charge in [-0.1, -0.05) is 184 Å². The van der Waals surface area contributed by atoms with Gasteiger partial charge in [-0.3, -0.25) is 0 Å². The van der Waals surface area contributed by atoms with Gasteiger partial charge in [-0.25, -0.2) is 0 Å². The normalized spacial score (nSPS) is 11.3. The van der Waals surface area contributed by atoms with Gasteiger partial charge < -0.3 is 4.57 Å². The van der Waals surface area contributed by atoms with Gasteiger partial charge in [0.05, 0.1) is 6.20 Å². The summed E-state index contributed by atoms with van der Waals surface area (Å²) >= 11 is 0. The number of pyridine rings is 1. The van der Waals surface area contributed by atoms with Crippen molar-refractivity contribution < 1.29 is 4.57 Å². The molecule has 0 radical (unpaired) electrons. The van der Waals surface area contributed by atoms with E-state index in [-0.39, 0.29) is 5.41 Å². The first-order valence-electron chi connectivity index (χ1n) is 17.9. The average molecular weight is 668 g/mol. The van der Waals surface area contributed by atoms with Gasteiger partial charge in [-0.15, -0.1) is 0 Å². The van der Waals surface area contributed by atoms with Crippen LogP contribution in [0, 0.1) is 7.05 Å². The molecule has 0 N–H and O–H groups in total. The standard InChI is InChI=1S/C51H41N/c1-51(2,48-21-5-4-6-22-48)49-30-28-39(29-31-49)41-14-10-17-44(34-41)46-19-11-18-45(35-46)43-16-9-13-40(33-43)37-24-26-38(27-25-37)42-15-12-20-47(36-42)50-23-7-8-32-52(50)3/h4-36H,3H2,1-2H3. The zero-order valence-electron chi connectivity index (χ0n) is 29.7. The first kappa shape index (κ1) is 32.7. The topological polar surface area (TPSA) is 3.88 Å². The van der Waals surface area contributed by atoms with Crippen molar-refractivity contribution in [3.05, 3.63) is 218 Å². The molecule has 0 fully saturated rings. The highest BCUT2D eigenvalue weighted by molar-refractivity contribution is 5.80. The lowest BCUT2D eigenvalue weighted by Gasteiger charge is -2.26. The SMILES string of the molecule is [CH2-][n+]1ccccc1-c1cccc(-c2ccc(-c3cccc(-c4cccc(-c5cccc(-c6ccc(C(C)(C)c7ccccc7)cc6)c5)c4)c3)cc2)c1. The maximum atomic E-state index is 4.14. The summed E-state index contributed by atoms with van der Waals surface area (Å²) in [5, 5.41) is 0. The van der Waals surface area contributed by atoms with Crippen LogP contribution in [0.25, 0.3) is 66.9 Å². The molecule has 0 atom stereocenters.